The van der Waals surface area contributed by atoms with Crippen molar-refractivity contribution in [3.63, 3.8) is 0 Å². The normalized spacial score (nSPS) is 18.2. The van der Waals surface area contributed by atoms with E-state index in [4.69, 9.17) is 0 Å². The average Bonchev–Trinajstić information content (AvgIpc) is 2.46. The van der Waals surface area contributed by atoms with Crippen molar-refractivity contribution in [3.8, 4) is 0 Å². The van der Waals surface area contributed by atoms with Crippen molar-refractivity contribution < 1.29 is 13.2 Å². The summed E-state index contributed by atoms with van der Waals surface area (Å²) >= 11 is 3.32. The minimum absolute atomic E-state index is 0.00847. The van der Waals surface area contributed by atoms with Gasteiger partial charge in [0.05, 0.1) is 10.6 Å². The molecule has 1 amide bonds. The van der Waals surface area contributed by atoms with E-state index in [1.54, 1.807) is 24.3 Å². The first kappa shape index (κ1) is 18.5. The minimum Gasteiger partial charge on any atom is -0.342 e. The van der Waals surface area contributed by atoms with Crippen LogP contribution in [0.25, 0.3) is 0 Å². The molecule has 0 bridgehead atoms. The van der Waals surface area contributed by atoms with Crippen LogP contribution in [0.15, 0.2) is 33.6 Å². The molecule has 128 valence electrons. The van der Waals surface area contributed by atoms with Crippen LogP contribution in [0.4, 0.5) is 0 Å². The number of sulfone groups is 1. The Morgan fingerprint density at radius 2 is 1.74 bits per heavy atom. The van der Waals surface area contributed by atoms with Gasteiger partial charge in [0, 0.05) is 23.5 Å². The second-order valence-corrected chi connectivity index (χ2v) is 9.91. The predicted molar refractivity (Wildman–Crippen MR) is 95.0 cm³/mol. The number of likely N-dealkylation sites (tertiary alicyclic amines) is 1. The number of rotatable bonds is 4. The van der Waals surface area contributed by atoms with E-state index in [0.717, 1.165) is 17.3 Å². The third-order valence-electron chi connectivity index (χ3n) is 4.49. The number of benzene rings is 1. The Hall–Kier alpha value is -0.880. The van der Waals surface area contributed by atoms with Gasteiger partial charge in [-0.25, -0.2) is 8.42 Å². The Morgan fingerprint density at radius 3 is 2.22 bits per heavy atom. The molecule has 1 fully saturated rings. The average molecular weight is 402 g/mol. The lowest BCUT2D eigenvalue weighted by Crippen LogP contribution is -2.45. The van der Waals surface area contributed by atoms with Crippen LogP contribution in [0.1, 0.15) is 33.6 Å². The lowest BCUT2D eigenvalue weighted by Gasteiger charge is -2.39. The first-order valence-electron chi connectivity index (χ1n) is 7.90. The summed E-state index contributed by atoms with van der Waals surface area (Å²) in [6.07, 6.45) is 1.45. The number of piperidine rings is 1. The zero-order valence-corrected chi connectivity index (χ0v) is 16.3. The van der Waals surface area contributed by atoms with E-state index in [-0.39, 0.29) is 23.0 Å². The van der Waals surface area contributed by atoms with Crippen molar-refractivity contribution >= 4 is 31.7 Å². The van der Waals surface area contributed by atoms with Crippen LogP contribution >= 0.6 is 15.9 Å². The molecule has 1 heterocycles. The standard InChI is InChI=1S/C17H24BrNO3S/c1-13(2)16(20)19-10-8-17(3,9-11-19)12-23(21,22)15-6-4-14(18)5-7-15/h4-7,13H,8-12H2,1-3H3. The maximum absolute atomic E-state index is 12.6. The summed E-state index contributed by atoms with van der Waals surface area (Å²) < 4.78 is 26.2. The van der Waals surface area contributed by atoms with Gasteiger partial charge in [-0.2, -0.15) is 0 Å². The number of carbonyl (C=O) groups excluding carboxylic acids is 1. The molecule has 6 heteroatoms. The van der Waals surface area contributed by atoms with Crippen LogP contribution in [-0.2, 0) is 14.6 Å². The summed E-state index contributed by atoms with van der Waals surface area (Å²) in [4.78, 5) is 14.3. The summed E-state index contributed by atoms with van der Waals surface area (Å²) in [5, 5.41) is 0. The van der Waals surface area contributed by atoms with Gasteiger partial charge < -0.3 is 4.90 Å². The van der Waals surface area contributed by atoms with Crippen LogP contribution < -0.4 is 0 Å². The van der Waals surface area contributed by atoms with Gasteiger partial charge in [-0.1, -0.05) is 36.7 Å². The molecule has 2 rings (SSSR count). The summed E-state index contributed by atoms with van der Waals surface area (Å²) in [6, 6.07) is 6.78. The fraction of sp³-hybridized carbons (Fsp3) is 0.588. The number of carbonyl (C=O) groups is 1. The first-order valence-corrected chi connectivity index (χ1v) is 10.3. The highest BCUT2D eigenvalue weighted by Crippen LogP contribution is 2.34. The third kappa shape index (κ3) is 4.57. The molecule has 1 aromatic carbocycles. The summed E-state index contributed by atoms with van der Waals surface area (Å²) in [5.74, 6) is 0.277. The van der Waals surface area contributed by atoms with Gasteiger partial charge in [0.15, 0.2) is 9.84 Å². The second-order valence-electron chi connectivity index (χ2n) is 7.00. The van der Waals surface area contributed by atoms with E-state index < -0.39 is 9.84 Å². The number of amides is 1. The van der Waals surface area contributed by atoms with E-state index in [1.165, 1.54) is 0 Å². The van der Waals surface area contributed by atoms with Crippen LogP contribution in [0.3, 0.4) is 0 Å². The number of nitrogens with zero attached hydrogens (tertiary/aromatic N) is 1. The van der Waals surface area contributed by atoms with E-state index in [2.05, 4.69) is 15.9 Å². The monoisotopic (exact) mass is 401 g/mol. The molecule has 1 aliphatic heterocycles. The Bertz CT molecular complexity index is 660. The maximum atomic E-state index is 12.6. The predicted octanol–water partition coefficient (Wildman–Crippen LogP) is 3.51. The molecule has 0 saturated carbocycles. The number of hydrogen-bond acceptors (Lipinski definition) is 3. The van der Waals surface area contributed by atoms with Gasteiger partial charge >= 0.3 is 0 Å². The van der Waals surface area contributed by atoms with Crippen molar-refractivity contribution in [1.29, 1.82) is 0 Å². The maximum Gasteiger partial charge on any atom is 0.225 e. The minimum atomic E-state index is -3.31. The van der Waals surface area contributed by atoms with Gasteiger partial charge in [-0.3, -0.25) is 4.79 Å². The molecular weight excluding hydrogens is 378 g/mol. The number of hydrogen-bond donors (Lipinski definition) is 0. The van der Waals surface area contributed by atoms with E-state index >= 15 is 0 Å². The van der Waals surface area contributed by atoms with E-state index in [1.807, 2.05) is 25.7 Å². The zero-order valence-electron chi connectivity index (χ0n) is 13.9. The molecule has 0 atom stereocenters. The Kier molecular flexibility index (Phi) is 5.56. The quantitative estimate of drug-likeness (QED) is 0.775. The highest BCUT2D eigenvalue weighted by atomic mass is 79.9. The summed E-state index contributed by atoms with van der Waals surface area (Å²) in [7, 11) is -3.31. The van der Waals surface area contributed by atoms with Crippen molar-refractivity contribution in [2.45, 2.75) is 38.5 Å². The lowest BCUT2D eigenvalue weighted by atomic mass is 9.82. The fourth-order valence-corrected chi connectivity index (χ4v) is 5.15. The van der Waals surface area contributed by atoms with Crippen LogP contribution in [0.2, 0.25) is 0 Å². The molecule has 1 aromatic rings. The Labute approximate surface area is 147 Å². The molecule has 1 saturated heterocycles. The summed E-state index contributed by atoms with van der Waals surface area (Å²) in [5.41, 5.74) is -0.278. The second kappa shape index (κ2) is 6.93. The van der Waals surface area contributed by atoms with Gasteiger partial charge in [0.1, 0.15) is 0 Å². The molecular formula is C17H24BrNO3S. The van der Waals surface area contributed by atoms with Crippen molar-refractivity contribution in [3.05, 3.63) is 28.7 Å². The lowest BCUT2D eigenvalue weighted by molar-refractivity contribution is -0.136. The first-order chi connectivity index (χ1) is 10.6. The van der Waals surface area contributed by atoms with Crippen molar-refractivity contribution in [1.82, 2.24) is 4.90 Å². The molecule has 0 N–H and O–H groups in total. The van der Waals surface area contributed by atoms with Gasteiger partial charge in [-0.15, -0.1) is 0 Å². The molecule has 23 heavy (non-hydrogen) atoms. The third-order valence-corrected chi connectivity index (χ3v) is 7.08. The highest BCUT2D eigenvalue weighted by Gasteiger charge is 2.36. The largest absolute Gasteiger partial charge is 0.342 e. The molecule has 1 aliphatic rings. The molecule has 0 spiro atoms. The summed E-state index contributed by atoms with van der Waals surface area (Å²) in [6.45, 7) is 7.09. The van der Waals surface area contributed by atoms with Crippen LogP contribution in [0.5, 0.6) is 0 Å². The Balaban J connectivity index is 2.05. The van der Waals surface area contributed by atoms with E-state index in [9.17, 15) is 13.2 Å². The smallest absolute Gasteiger partial charge is 0.225 e. The molecule has 0 aliphatic carbocycles. The fourth-order valence-electron chi connectivity index (χ4n) is 2.96. The van der Waals surface area contributed by atoms with Crippen molar-refractivity contribution in [2.75, 3.05) is 18.8 Å². The van der Waals surface area contributed by atoms with Gasteiger partial charge in [-0.05, 0) is 42.5 Å². The van der Waals surface area contributed by atoms with Crippen LogP contribution in [0, 0.1) is 11.3 Å². The van der Waals surface area contributed by atoms with Crippen LogP contribution in [-0.4, -0.2) is 38.1 Å². The Morgan fingerprint density at radius 1 is 1.22 bits per heavy atom. The van der Waals surface area contributed by atoms with Gasteiger partial charge in [0.2, 0.25) is 5.91 Å². The number of halogens is 1. The molecule has 0 unspecified atom stereocenters. The zero-order chi connectivity index (χ0) is 17.3. The SMILES string of the molecule is CC(C)C(=O)N1CCC(C)(CS(=O)(=O)c2ccc(Br)cc2)CC1. The van der Waals surface area contributed by atoms with E-state index in [0.29, 0.717) is 18.0 Å². The molecule has 0 radical (unpaired) electrons. The van der Waals surface area contributed by atoms with Gasteiger partial charge in [0.25, 0.3) is 0 Å². The molecule has 0 aromatic heterocycles. The topological polar surface area (TPSA) is 54.5 Å². The highest BCUT2D eigenvalue weighted by molar-refractivity contribution is 9.10. The molecule has 4 nitrogen and oxygen atoms in total. The van der Waals surface area contributed by atoms with Crippen molar-refractivity contribution in [2.24, 2.45) is 11.3 Å².